The zero-order valence-electron chi connectivity index (χ0n) is 19.9. The summed E-state index contributed by atoms with van der Waals surface area (Å²) < 4.78 is 6.39. The van der Waals surface area contributed by atoms with Gasteiger partial charge in [-0.2, -0.15) is 9.13 Å². The number of hydrogen-bond acceptors (Lipinski definition) is 8. The Labute approximate surface area is 215 Å². The van der Waals surface area contributed by atoms with Crippen molar-refractivity contribution in [3.8, 4) is 56.8 Å². The second-order valence-corrected chi connectivity index (χ2v) is 8.51. The minimum atomic E-state index is 0.0638. The quantitative estimate of drug-likeness (QED) is 0.201. The third-order valence-corrected chi connectivity index (χ3v) is 6.18. The lowest BCUT2D eigenvalue weighted by Crippen LogP contribution is -2.30. The van der Waals surface area contributed by atoms with Crippen LogP contribution < -0.4 is 20.8 Å². The number of benzene rings is 2. The highest BCUT2D eigenvalue weighted by molar-refractivity contribution is 5.67. The molecule has 0 amide bonds. The monoisotopic (exact) mass is 506 g/mol. The maximum Gasteiger partial charge on any atom is 0.211 e. The standard InChI is InChI=1S/C26H20N10O2/c27-35-15-29-31-25(35)21-13-19(1-3-23(21)37)33-9-5-17(6-10-33)18-7-11-34(12-8-18)20-2-4-24(38)22(14-20)26-32-30-16-36(26)28/h1-16H,27H2,(H2-,28,31,32,37,38)/p+2. The molecule has 38 heavy (non-hydrogen) atoms. The van der Waals surface area contributed by atoms with E-state index in [1.54, 1.807) is 36.4 Å². The van der Waals surface area contributed by atoms with E-state index in [2.05, 4.69) is 20.4 Å². The van der Waals surface area contributed by atoms with E-state index in [-0.39, 0.29) is 11.5 Å². The van der Waals surface area contributed by atoms with Crippen LogP contribution in [0.3, 0.4) is 0 Å². The lowest BCUT2D eigenvalue weighted by atomic mass is 10.1. The van der Waals surface area contributed by atoms with E-state index in [1.807, 2.05) is 58.2 Å². The van der Waals surface area contributed by atoms with Crippen molar-refractivity contribution in [1.82, 2.24) is 29.7 Å². The maximum atomic E-state index is 10.3. The van der Waals surface area contributed by atoms with Crippen LogP contribution in [0.4, 0.5) is 0 Å². The van der Waals surface area contributed by atoms with E-state index in [1.165, 1.54) is 22.0 Å². The van der Waals surface area contributed by atoms with Gasteiger partial charge in [-0.15, -0.1) is 20.4 Å². The summed E-state index contributed by atoms with van der Waals surface area (Å²) in [7, 11) is 0. The van der Waals surface area contributed by atoms with E-state index in [4.69, 9.17) is 11.7 Å². The SMILES string of the molecule is Nn1cnnc1-c1cc(-[n+]2ccc(-c3cc[n+](-c4ccc(O)c(-c5nncn5N)c4)cc3)cc2)ccc1O. The Hall–Kier alpha value is -5.78. The number of aromatic hydroxyl groups is 2. The zero-order valence-corrected chi connectivity index (χ0v) is 19.9. The second-order valence-electron chi connectivity index (χ2n) is 8.51. The van der Waals surface area contributed by atoms with Crippen LogP contribution in [0.1, 0.15) is 0 Å². The van der Waals surface area contributed by atoms with E-state index >= 15 is 0 Å². The van der Waals surface area contributed by atoms with Gasteiger partial charge in [-0.25, -0.2) is 9.35 Å². The molecule has 12 heteroatoms. The Morgan fingerprint density at radius 3 is 1.32 bits per heavy atom. The number of nitrogen functional groups attached to an aromatic ring is 2. The predicted molar refractivity (Wildman–Crippen MR) is 137 cm³/mol. The molecule has 0 saturated heterocycles. The third-order valence-electron chi connectivity index (χ3n) is 6.18. The Balaban J connectivity index is 1.26. The molecule has 4 heterocycles. The largest absolute Gasteiger partial charge is 0.507 e. The molecule has 12 nitrogen and oxygen atoms in total. The van der Waals surface area contributed by atoms with Crippen LogP contribution in [0.25, 0.3) is 45.3 Å². The van der Waals surface area contributed by atoms with Crippen LogP contribution in [0.5, 0.6) is 11.5 Å². The fourth-order valence-electron chi connectivity index (χ4n) is 4.18. The number of nitrogens with zero attached hydrogens (tertiary/aromatic N) is 8. The smallest absolute Gasteiger partial charge is 0.211 e. The molecule has 6 aromatic rings. The molecular weight excluding hydrogens is 484 g/mol. The van der Waals surface area contributed by atoms with Crippen molar-refractivity contribution in [2.75, 3.05) is 11.7 Å². The van der Waals surface area contributed by atoms with Crippen molar-refractivity contribution in [3.05, 3.63) is 98.1 Å². The molecule has 0 aliphatic carbocycles. The van der Waals surface area contributed by atoms with Crippen molar-refractivity contribution >= 4 is 0 Å². The van der Waals surface area contributed by atoms with Crippen LogP contribution in [-0.2, 0) is 0 Å². The Morgan fingerprint density at radius 2 is 0.974 bits per heavy atom. The predicted octanol–water partition coefficient (Wildman–Crippen LogP) is 1.26. The average molecular weight is 507 g/mol. The van der Waals surface area contributed by atoms with Gasteiger partial charge in [0, 0.05) is 48.5 Å². The van der Waals surface area contributed by atoms with Crippen LogP contribution >= 0.6 is 0 Å². The van der Waals surface area contributed by atoms with Crippen LogP contribution in [0.2, 0.25) is 0 Å². The van der Waals surface area contributed by atoms with Gasteiger partial charge in [-0.05, 0) is 23.3 Å². The molecule has 186 valence electrons. The number of phenols is 2. The molecule has 6 N–H and O–H groups in total. The lowest BCUT2D eigenvalue weighted by Gasteiger charge is -2.06. The van der Waals surface area contributed by atoms with Gasteiger partial charge in [0.25, 0.3) is 0 Å². The molecule has 0 radical (unpaired) electrons. The summed E-state index contributed by atoms with van der Waals surface area (Å²) in [5.41, 5.74) is 4.67. The molecule has 0 fully saturated rings. The first kappa shape index (κ1) is 22.7. The van der Waals surface area contributed by atoms with Crippen LogP contribution in [0, 0.1) is 0 Å². The molecule has 0 saturated carbocycles. The Kier molecular flexibility index (Phi) is 5.38. The van der Waals surface area contributed by atoms with Gasteiger partial charge in [0.15, 0.2) is 36.4 Å². The summed E-state index contributed by atoms with van der Waals surface area (Å²) >= 11 is 0. The molecule has 0 atom stereocenters. The summed E-state index contributed by atoms with van der Waals surface area (Å²) in [5, 5.41) is 36.1. The normalized spacial score (nSPS) is 11.1. The second kappa shape index (κ2) is 9.02. The van der Waals surface area contributed by atoms with Gasteiger partial charge >= 0.3 is 0 Å². The van der Waals surface area contributed by atoms with Gasteiger partial charge in [-0.1, -0.05) is 0 Å². The summed E-state index contributed by atoms with van der Waals surface area (Å²) in [4.78, 5) is 0. The molecule has 0 unspecified atom stereocenters. The van der Waals surface area contributed by atoms with Gasteiger partial charge < -0.3 is 21.9 Å². The van der Waals surface area contributed by atoms with Gasteiger partial charge in [-0.3, -0.25) is 0 Å². The summed E-state index contributed by atoms with van der Waals surface area (Å²) in [6.07, 6.45) is 10.5. The third kappa shape index (κ3) is 4.01. The molecule has 0 aliphatic heterocycles. The summed E-state index contributed by atoms with van der Waals surface area (Å²) in [6.45, 7) is 0. The molecule has 4 aromatic heterocycles. The van der Waals surface area contributed by atoms with E-state index in [9.17, 15) is 10.2 Å². The highest BCUT2D eigenvalue weighted by Crippen LogP contribution is 2.29. The fourth-order valence-corrected chi connectivity index (χ4v) is 4.18. The number of nitrogens with two attached hydrogens (primary N) is 2. The molecule has 0 spiro atoms. The minimum absolute atomic E-state index is 0.0638. The van der Waals surface area contributed by atoms with E-state index in [0.29, 0.717) is 22.8 Å². The van der Waals surface area contributed by atoms with Gasteiger partial charge in [0.1, 0.15) is 24.2 Å². The topological polar surface area (TPSA) is 162 Å². The Morgan fingerprint density at radius 1 is 0.579 bits per heavy atom. The van der Waals surface area contributed by atoms with E-state index < -0.39 is 0 Å². The number of phenolic OH excluding ortho intramolecular Hbond substituents is 2. The van der Waals surface area contributed by atoms with Gasteiger partial charge in [0.05, 0.1) is 11.1 Å². The number of aromatic nitrogens is 8. The first-order valence-corrected chi connectivity index (χ1v) is 11.5. The number of rotatable bonds is 5. The number of pyridine rings is 2. The molecule has 0 bridgehead atoms. The molecule has 6 rings (SSSR count). The molecule has 2 aromatic carbocycles. The molecule has 0 aliphatic rings. The van der Waals surface area contributed by atoms with Crippen molar-refractivity contribution < 1.29 is 19.3 Å². The Bertz CT molecular complexity index is 1630. The zero-order chi connectivity index (χ0) is 26.2. The van der Waals surface area contributed by atoms with Crippen molar-refractivity contribution in [2.45, 2.75) is 0 Å². The van der Waals surface area contributed by atoms with E-state index in [0.717, 1.165) is 22.5 Å². The fraction of sp³-hybridized carbons (Fsp3) is 0. The lowest BCUT2D eigenvalue weighted by molar-refractivity contribution is -0.596. The summed E-state index contributed by atoms with van der Waals surface area (Å²) in [5.74, 6) is 12.6. The number of hydrogen-bond donors (Lipinski definition) is 4. The van der Waals surface area contributed by atoms with Crippen LogP contribution in [0.15, 0.2) is 98.1 Å². The average Bonchev–Trinajstić information content (AvgIpc) is 3.57. The van der Waals surface area contributed by atoms with Crippen molar-refractivity contribution in [3.63, 3.8) is 0 Å². The van der Waals surface area contributed by atoms with Crippen molar-refractivity contribution in [1.29, 1.82) is 0 Å². The van der Waals surface area contributed by atoms with Crippen LogP contribution in [-0.4, -0.2) is 40.0 Å². The molecular formula is C26H22N10O2+2. The first-order valence-electron chi connectivity index (χ1n) is 11.5. The maximum absolute atomic E-state index is 10.3. The van der Waals surface area contributed by atoms with Gasteiger partial charge in [0.2, 0.25) is 11.4 Å². The summed E-state index contributed by atoms with van der Waals surface area (Å²) in [6, 6.07) is 18.4. The first-order chi connectivity index (χ1) is 18.5. The highest BCUT2D eigenvalue weighted by Gasteiger charge is 2.17. The highest BCUT2D eigenvalue weighted by atomic mass is 16.3. The minimum Gasteiger partial charge on any atom is -0.507 e. The van der Waals surface area contributed by atoms with Crippen molar-refractivity contribution in [2.24, 2.45) is 0 Å².